The highest BCUT2D eigenvalue weighted by Gasteiger charge is 2.46. The summed E-state index contributed by atoms with van der Waals surface area (Å²) in [4.78, 5) is 11.5. The Morgan fingerprint density at radius 1 is 1.47 bits per heavy atom. The van der Waals surface area contributed by atoms with Crippen LogP contribution in [-0.4, -0.2) is 16.2 Å². The van der Waals surface area contributed by atoms with E-state index in [1.807, 2.05) is 19.1 Å². The predicted molar refractivity (Wildman–Crippen MR) is 82.3 cm³/mol. The summed E-state index contributed by atoms with van der Waals surface area (Å²) in [6, 6.07) is 5.55. The number of hydrogen-bond donors (Lipinski definition) is 2. The van der Waals surface area contributed by atoms with Crippen LogP contribution in [0.5, 0.6) is 5.75 Å². The van der Waals surface area contributed by atoms with E-state index in [1.54, 1.807) is 13.0 Å². The number of aromatic hydroxyl groups is 1. The van der Waals surface area contributed by atoms with Crippen molar-refractivity contribution in [3.8, 4) is 5.75 Å². The van der Waals surface area contributed by atoms with Gasteiger partial charge in [-0.1, -0.05) is 26.3 Å². The summed E-state index contributed by atoms with van der Waals surface area (Å²) in [5.74, 6) is -0.607. The van der Waals surface area contributed by atoms with Gasteiger partial charge in [-0.15, -0.1) is 0 Å². The Morgan fingerprint density at radius 2 is 2.11 bits per heavy atom. The van der Waals surface area contributed by atoms with Gasteiger partial charge in [-0.2, -0.15) is 0 Å². The highest BCUT2D eigenvalue weighted by molar-refractivity contribution is 14.1. The molecule has 3 nitrogen and oxygen atoms in total. The second-order valence-electron chi connectivity index (χ2n) is 5.64. The smallest absolute Gasteiger partial charge is 0.307 e. The van der Waals surface area contributed by atoms with Gasteiger partial charge in [0.15, 0.2) is 0 Å². The Balaban J connectivity index is 2.47. The molecule has 19 heavy (non-hydrogen) atoms. The Hall–Kier alpha value is -0.780. The molecule has 104 valence electrons. The number of aliphatic carboxylic acids is 1. The normalized spacial score (nSPS) is 20.4. The van der Waals surface area contributed by atoms with Crippen molar-refractivity contribution in [2.24, 2.45) is 11.8 Å². The van der Waals surface area contributed by atoms with Gasteiger partial charge in [0.25, 0.3) is 0 Å². The molecule has 1 aromatic carbocycles. The van der Waals surface area contributed by atoms with Gasteiger partial charge in [-0.25, -0.2) is 0 Å². The van der Waals surface area contributed by atoms with E-state index in [0.717, 1.165) is 22.0 Å². The van der Waals surface area contributed by atoms with Gasteiger partial charge < -0.3 is 10.2 Å². The standard InChI is InChI=1S/C15H19IO3/c1-9(14(18)19)15(2,10-4-3-5-10)11-6-7-12(16)13(17)8-11/h6-10,17H,3-5H2,1-2H3,(H,18,19)/t9-,15+/m1/s1. The number of phenols is 1. The monoisotopic (exact) mass is 374 g/mol. The molecule has 0 radical (unpaired) electrons. The van der Waals surface area contributed by atoms with E-state index in [9.17, 15) is 15.0 Å². The summed E-state index contributed by atoms with van der Waals surface area (Å²) in [7, 11) is 0. The number of halogens is 1. The van der Waals surface area contributed by atoms with Crippen LogP contribution in [0.25, 0.3) is 0 Å². The van der Waals surface area contributed by atoms with Crippen LogP contribution in [0.4, 0.5) is 0 Å². The highest BCUT2D eigenvalue weighted by Crippen LogP contribution is 2.49. The van der Waals surface area contributed by atoms with Gasteiger partial charge in [0.2, 0.25) is 0 Å². The van der Waals surface area contributed by atoms with Gasteiger partial charge in [-0.05, 0) is 59.0 Å². The molecule has 0 aliphatic heterocycles. The number of rotatable bonds is 4. The van der Waals surface area contributed by atoms with E-state index in [-0.39, 0.29) is 5.75 Å². The largest absolute Gasteiger partial charge is 0.507 e. The molecule has 2 rings (SSSR count). The lowest BCUT2D eigenvalue weighted by Gasteiger charge is -2.46. The lowest BCUT2D eigenvalue weighted by molar-refractivity contribution is -0.145. The fraction of sp³-hybridized carbons (Fsp3) is 0.533. The van der Waals surface area contributed by atoms with Gasteiger partial charge >= 0.3 is 5.97 Å². The molecule has 0 unspecified atom stereocenters. The summed E-state index contributed by atoms with van der Waals surface area (Å²) < 4.78 is 0.792. The molecule has 0 aromatic heterocycles. The molecule has 0 amide bonds. The molecule has 1 aliphatic rings. The fourth-order valence-electron chi connectivity index (χ4n) is 2.95. The van der Waals surface area contributed by atoms with Crippen molar-refractivity contribution in [3.63, 3.8) is 0 Å². The Bertz CT molecular complexity index is 496. The molecule has 0 spiro atoms. The predicted octanol–water partition coefficient (Wildman–Crippen LogP) is 3.78. The van der Waals surface area contributed by atoms with Crippen LogP contribution >= 0.6 is 22.6 Å². The molecule has 1 fully saturated rings. The van der Waals surface area contributed by atoms with Crippen molar-refractivity contribution in [1.82, 2.24) is 0 Å². The Labute approximate surface area is 127 Å². The van der Waals surface area contributed by atoms with E-state index in [1.165, 1.54) is 6.42 Å². The first-order valence-electron chi connectivity index (χ1n) is 6.59. The number of phenolic OH excluding ortho intramolecular Hbond substituents is 1. The lowest BCUT2D eigenvalue weighted by atomic mass is 9.58. The first-order valence-corrected chi connectivity index (χ1v) is 7.67. The first kappa shape index (κ1) is 14.6. The van der Waals surface area contributed by atoms with Gasteiger partial charge in [0.05, 0.1) is 9.49 Å². The fourth-order valence-corrected chi connectivity index (χ4v) is 3.29. The Kier molecular flexibility index (Phi) is 4.08. The number of carboxylic acids is 1. The molecule has 0 saturated heterocycles. The molecule has 1 aliphatic carbocycles. The maximum Gasteiger partial charge on any atom is 0.307 e. The van der Waals surface area contributed by atoms with Crippen LogP contribution in [0, 0.1) is 15.4 Å². The first-order chi connectivity index (χ1) is 8.87. The number of benzene rings is 1. The summed E-state index contributed by atoms with van der Waals surface area (Å²) >= 11 is 2.07. The van der Waals surface area contributed by atoms with Crippen LogP contribution in [0.3, 0.4) is 0 Å². The van der Waals surface area contributed by atoms with Crippen molar-refractivity contribution >= 4 is 28.6 Å². The third-order valence-corrected chi connectivity index (χ3v) is 5.70. The molecule has 4 heteroatoms. The summed E-state index contributed by atoms with van der Waals surface area (Å²) in [6.07, 6.45) is 3.31. The molecule has 0 bridgehead atoms. The Morgan fingerprint density at radius 3 is 2.53 bits per heavy atom. The molecule has 1 saturated carbocycles. The van der Waals surface area contributed by atoms with Crippen molar-refractivity contribution < 1.29 is 15.0 Å². The second kappa shape index (κ2) is 5.31. The average molecular weight is 374 g/mol. The lowest BCUT2D eigenvalue weighted by Crippen LogP contribution is -2.45. The third kappa shape index (κ3) is 2.47. The van der Waals surface area contributed by atoms with Crippen LogP contribution in [0.1, 0.15) is 38.7 Å². The third-order valence-electron chi connectivity index (χ3n) is 4.79. The number of hydrogen-bond acceptors (Lipinski definition) is 2. The zero-order valence-electron chi connectivity index (χ0n) is 11.2. The van der Waals surface area contributed by atoms with E-state index < -0.39 is 17.3 Å². The van der Waals surface area contributed by atoms with Gasteiger partial charge in [-0.3, -0.25) is 4.79 Å². The number of carboxylic acid groups (broad SMARTS) is 1. The van der Waals surface area contributed by atoms with Crippen molar-refractivity contribution in [2.45, 2.75) is 38.5 Å². The van der Waals surface area contributed by atoms with Crippen LogP contribution in [0.2, 0.25) is 0 Å². The summed E-state index contributed by atoms with van der Waals surface area (Å²) in [6.45, 7) is 3.80. The molecule has 1 aromatic rings. The molecule has 2 atom stereocenters. The second-order valence-corrected chi connectivity index (χ2v) is 6.80. The minimum Gasteiger partial charge on any atom is -0.507 e. The van der Waals surface area contributed by atoms with Gasteiger partial charge in [0, 0.05) is 5.41 Å². The summed E-state index contributed by atoms with van der Waals surface area (Å²) in [5, 5.41) is 19.3. The van der Waals surface area contributed by atoms with E-state index >= 15 is 0 Å². The van der Waals surface area contributed by atoms with Gasteiger partial charge in [0.1, 0.15) is 5.75 Å². The quantitative estimate of drug-likeness (QED) is 0.789. The molecule has 0 heterocycles. The summed E-state index contributed by atoms with van der Waals surface area (Å²) in [5.41, 5.74) is 0.524. The van der Waals surface area contributed by atoms with Crippen LogP contribution in [0.15, 0.2) is 18.2 Å². The van der Waals surface area contributed by atoms with Crippen LogP contribution < -0.4 is 0 Å². The van der Waals surface area contributed by atoms with E-state index in [4.69, 9.17) is 0 Å². The minimum absolute atomic E-state index is 0.237. The van der Waals surface area contributed by atoms with E-state index in [2.05, 4.69) is 22.6 Å². The molecule has 2 N–H and O–H groups in total. The van der Waals surface area contributed by atoms with Crippen molar-refractivity contribution in [3.05, 3.63) is 27.3 Å². The minimum atomic E-state index is -0.771. The maximum absolute atomic E-state index is 11.5. The zero-order chi connectivity index (χ0) is 14.2. The molecular formula is C15H19IO3. The highest BCUT2D eigenvalue weighted by atomic mass is 127. The van der Waals surface area contributed by atoms with Crippen molar-refractivity contribution in [2.75, 3.05) is 0 Å². The van der Waals surface area contributed by atoms with Crippen LogP contribution in [-0.2, 0) is 10.2 Å². The topological polar surface area (TPSA) is 57.5 Å². The van der Waals surface area contributed by atoms with E-state index in [0.29, 0.717) is 5.92 Å². The zero-order valence-corrected chi connectivity index (χ0v) is 13.3. The SMILES string of the molecule is C[C@H](C(=O)O)[C@](C)(c1ccc(I)c(O)c1)C1CCC1. The van der Waals surface area contributed by atoms with Crippen molar-refractivity contribution in [1.29, 1.82) is 0 Å². The number of carbonyl (C=O) groups is 1. The maximum atomic E-state index is 11.5. The molecular weight excluding hydrogens is 355 g/mol. The average Bonchev–Trinajstić information content (AvgIpc) is 2.28.